The molecule has 0 radical (unpaired) electrons. The fourth-order valence-corrected chi connectivity index (χ4v) is 6.70. The second-order valence-electron chi connectivity index (χ2n) is 12.1. The Morgan fingerprint density at radius 1 is 1.06 bits per heavy atom. The number of nitrogens with two attached hydrogens (primary N) is 1. The number of ether oxygens (including phenoxy) is 2. The lowest BCUT2D eigenvalue weighted by Crippen LogP contribution is -2.50. The molecule has 0 bridgehead atoms. The highest BCUT2D eigenvalue weighted by Gasteiger charge is 2.45. The first-order valence-electron chi connectivity index (χ1n) is 15.2. The van der Waals surface area contributed by atoms with Gasteiger partial charge in [0.05, 0.1) is 39.9 Å². The number of esters is 1. The summed E-state index contributed by atoms with van der Waals surface area (Å²) in [5, 5.41) is 13.1. The van der Waals surface area contributed by atoms with Gasteiger partial charge in [-0.3, -0.25) is 19.7 Å². The number of aromatic amines is 1. The number of rotatable bonds is 6. The van der Waals surface area contributed by atoms with Crippen molar-refractivity contribution in [3.8, 4) is 0 Å². The molecule has 2 aliphatic heterocycles. The van der Waals surface area contributed by atoms with Gasteiger partial charge in [0.25, 0.3) is 11.8 Å². The molecule has 4 heterocycles. The molecule has 246 valence electrons. The molecular weight excluding hydrogens is 631 g/mol. The topological polar surface area (TPSA) is 149 Å². The summed E-state index contributed by atoms with van der Waals surface area (Å²) >= 11 is 0. The van der Waals surface area contributed by atoms with Crippen molar-refractivity contribution in [2.24, 2.45) is 11.7 Å². The van der Waals surface area contributed by atoms with Gasteiger partial charge in [0.2, 0.25) is 0 Å². The summed E-state index contributed by atoms with van der Waals surface area (Å²) < 4.78 is 94.2. The fourth-order valence-electron chi connectivity index (χ4n) is 6.70. The number of aliphatic hydroxyl groups is 1. The van der Waals surface area contributed by atoms with E-state index >= 15 is 4.39 Å². The molecule has 2 aliphatic rings. The van der Waals surface area contributed by atoms with Crippen LogP contribution in [0.1, 0.15) is 55.0 Å². The lowest BCUT2D eigenvalue weighted by atomic mass is 9.96. The van der Waals surface area contributed by atoms with E-state index in [0.29, 0.717) is 0 Å². The fraction of sp³-hybridized carbons (Fsp3) is 0.344. The molecule has 0 aliphatic carbocycles. The van der Waals surface area contributed by atoms with Gasteiger partial charge in [-0.2, -0.15) is 0 Å². The number of hydrogen-bond donors (Lipinski definition) is 4. The number of carbonyl (C=O) groups excluding carboxylic acids is 3. The Balaban J connectivity index is 1.60. The molecule has 5 N–H and O–H groups in total. The monoisotopic (exact) mass is 659 g/mol. The SMILES string of the molecule is [2H]C(C(C)C)[C@H](N)C(=O)O[C@H]1C(n2c3cc(F)c(F)cc3c3c4c(c5c6cc(F)c(F)cc6[nH]c5c32)C(=O)NC4=O)O[C@H](CF)C[C@@H]1O. The maximum Gasteiger partial charge on any atom is 0.323 e. The molecule has 5 aromatic rings. The molecule has 0 spiro atoms. The van der Waals surface area contributed by atoms with E-state index in [1.165, 1.54) is 0 Å². The molecule has 47 heavy (non-hydrogen) atoms. The lowest BCUT2D eigenvalue weighted by Gasteiger charge is -2.40. The summed E-state index contributed by atoms with van der Waals surface area (Å²) in [5.41, 5.74) is 5.10. The van der Waals surface area contributed by atoms with E-state index < -0.39 is 84.7 Å². The van der Waals surface area contributed by atoms with Crippen molar-refractivity contribution in [2.75, 3.05) is 6.67 Å². The quantitative estimate of drug-likeness (QED) is 0.117. The Bertz CT molecular complexity index is 2220. The third kappa shape index (κ3) is 4.66. The Morgan fingerprint density at radius 3 is 2.34 bits per heavy atom. The minimum atomic E-state index is -1.71. The molecule has 7 rings (SSSR count). The average molecular weight is 660 g/mol. The zero-order valence-corrected chi connectivity index (χ0v) is 24.7. The van der Waals surface area contributed by atoms with Crippen LogP contribution in [0, 0.1) is 29.2 Å². The summed E-state index contributed by atoms with van der Waals surface area (Å²) in [6, 6.07) is 1.67. The Hall–Kier alpha value is -4.60. The van der Waals surface area contributed by atoms with E-state index in [1.54, 1.807) is 13.8 Å². The summed E-state index contributed by atoms with van der Waals surface area (Å²) in [5.74, 6) is -8.51. The third-order valence-corrected chi connectivity index (χ3v) is 8.59. The number of benzene rings is 3. The average Bonchev–Trinajstić information content (AvgIpc) is 3.65. The van der Waals surface area contributed by atoms with Gasteiger partial charge in [-0.1, -0.05) is 13.8 Å². The smallest absolute Gasteiger partial charge is 0.323 e. The van der Waals surface area contributed by atoms with Crippen LogP contribution >= 0.6 is 0 Å². The summed E-state index contributed by atoms with van der Waals surface area (Å²) in [6.45, 7) is 2.20. The van der Waals surface area contributed by atoms with Crippen molar-refractivity contribution in [2.45, 2.75) is 57.2 Å². The number of aliphatic hydroxyl groups excluding tert-OH is 1. The molecule has 2 aromatic heterocycles. The van der Waals surface area contributed by atoms with Crippen molar-refractivity contribution >= 4 is 61.4 Å². The first kappa shape index (κ1) is 29.8. The van der Waals surface area contributed by atoms with E-state index in [-0.39, 0.29) is 67.1 Å². The van der Waals surface area contributed by atoms with Crippen LogP contribution in [0.25, 0.3) is 43.6 Å². The number of alkyl halides is 1. The molecule has 6 atom stereocenters. The van der Waals surface area contributed by atoms with E-state index in [1.807, 2.05) is 0 Å². The summed E-state index contributed by atoms with van der Waals surface area (Å²) in [4.78, 5) is 42.7. The maximum absolute atomic E-state index is 15.0. The van der Waals surface area contributed by atoms with Crippen LogP contribution in [0.15, 0.2) is 24.3 Å². The van der Waals surface area contributed by atoms with Gasteiger partial charge in [0.1, 0.15) is 12.7 Å². The predicted octanol–water partition coefficient (Wildman–Crippen LogP) is 4.77. The predicted molar refractivity (Wildman–Crippen MR) is 158 cm³/mol. The highest BCUT2D eigenvalue weighted by Crippen LogP contribution is 2.47. The minimum Gasteiger partial charge on any atom is -0.454 e. The van der Waals surface area contributed by atoms with Crippen LogP contribution in [0.4, 0.5) is 22.0 Å². The zero-order chi connectivity index (χ0) is 34.5. The van der Waals surface area contributed by atoms with Crippen molar-refractivity contribution in [3.63, 3.8) is 0 Å². The van der Waals surface area contributed by atoms with E-state index in [9.17, 15) is 37.1 Å². The number of aromatic nitrogens is 2. The van der Waals surface area contributed by atoms with Crippen LogP contribution in [-0.4, -0.2) is 63.5 Å². The summed E-state index contributed by atoms with van der Waals surface area (Å²) in [6.07, 6.45) is -7.78. The second-order valence-corrected chi connectivity index (χ2v) is 12.1. The van der Waals surface area contributed by atoms with E-state index in [2.05, 4.69) is 10.3 Å². The van der Waals surface area contributed by atoms with Crippen LogP contribution in [0.2, 0.25) is 0 Å². The van der Waals surface area contributed by atoms with Crippen molar-refractivity contribution in [1.82, 2.24) is 14.9 Å². The van der Waals surface area contributed by atoms with Crippen LogP contribution in [-0.2, 0) is 14.3 Å². The van der Waals surface area contributed by atoms with E-state index in [4.69, 9.17) is 16.6 Å². The number of nitrogens with zero attached hydrogens (tertiary/aromatic N) is 1. The molecule has 3 aromatic carbocycles. The molecule has 0 saturated carbocycles. The maximum atomic E-state index is 15.0. The molecule has 1 saturated heterocycles. The molecule has 2 unspecified atom stereocenters. The van der Waals surface area contributed by atoms with Gasteiger partial charge >= 0.3 is 5.97 Å². The number of imide groups is 1. The number of fused-ring (bicyclic) bond motifs is 10. The normalized spacial score (nSPS) is 23.1. The third-order valence-electron chi connectivity index (χ3n) is 8.59. The van der Waals surface area contributed by atoms with Crippen molar-refractivity contribution in [3.05, 3.63) is 58.7 Å². The second kappa shape index (κ2) is 11.0. The molecule has 15 heteroatoms. The number of amides is 2. The number of hydrogen-bond acceptors (Lipinski definition) is 7. The molecule has 1 fully saturated rings. The summed E-state index contributed by atoms with van der Waals surface area (Å²) in [7, 11) is 0. The highest BCUT2D eigenvalue weighted by atomic mass is 19.2. The number of carbonyl (C=O) groups is 3. The van der Waals surface area contributed by atoms with Gasteiger partial charge in [0.15, 0.2) is 35.6 Å². The van der Waals surface area contributed by atoms with Crippen molar-refractivity contribution < 1.29 is 52.3 Å². The van der Waals surface area contributed by atoms with Gasteiger partial charge < -0.3 is 29.9 Å². The zero-order valence-electron chi connectivity index (χ0n) is 25.7. The van der Waals surface area contributed by atoms with E-state index in [0.717, 1.165) is 28.8 Å². The Labute approximate surface area is 263 Å². The molecular formula is C32H27F5N4O6. The first-order chi connectivity index (χ1) is 22.7. The van der Waals surface area contributed by atoms with Gasteiger partial charge in [-0.15, -0.1) is 0 Å². The number of halogens is 5. The van der Waals surface area contributed by atoms with Crippen molar-refractivity contribution in [1.29, 1.82) is 0 Å². The van der Waals surface area contributed by atoms with Gasteiger partial charge in [-0.05, 0) is 24.4 Å². The van der Waals surface area contributed by atoms with Gasteiger partial charge in [0, 0.05) is 47.0 Å². The Morgan fingerprint density at radius 2 is 1.68 bits per heavy atom. The van der Waals surface area contributed by atoms with Crippen LogP contribution in [0.5, 0.6) is 0 Å². The lowest BCUT2D eigenvalue weighted by molar-refractivity contribution is -0.217. The number of nitrogens with one attached hydrogen (secondary N) is 2. The largest absolute Gasteiger partial charge is 0.454 e. The first-order valence-corrected chi connectivity index (χ1v) is 14.7. The number of H-pyrrole nitrogens is 1. The standard InChI is InChI=1S/C32H27F5N4O6/c1-10(2)3-18(38)32(45)47-28-21(42)4-11(9-33)46-31(28)41-20-8-17(37)15(35)6-13(20)23-25-24(29(43)40-30(25)44)22-12-5-14(34)16(36)7-19(12)39-26(22)27(23)41/h5-8,10-11,18,21,28,31,39,42H,3-4,9,38H2,1-2H3,(H,40,43,44)/t11-,18-,21-,28+,31?/m0/s1/i3D/t3?,11-,18-,21-,28+,31?. The molecule has 2 amide bonds. The van der Waals surface area contributed by atoms with Crippen LogP contribution < -0.4 is 11.1 Å². The minimum absolute atomic E-state index is 0.0172. The van der Waals surface area contributed by atoms with Crippen LogP contribution in [0.3, 0.4) is 0 Å². The molecule has 10 nitrogen and oxygen atoms in total. The highest BCUT2D eigenvalue weighted by molar-refractivity contribution is 6.39. The Kier molecular flexibility index (Phi) is 6.97. The van der Waals surface area contributed by atoms with Gasteiger partial charge in [-0.25, -0.2) is 22.0 Å².